The zero-order chi connectivity index (χ0) is 11.5. The van der Waals surface area contributed by atoms with E-state index in [1.807, 2.05) is 0 Å². The molecule has 2 rings (SSSR count). The molecule has 16 heavy (non-hydrogen) atoms. The van der Waals surface area contributed by atoms with Gasteiger partial charge in [0.05, 0.1) is 13.7 Å². The average Bonchev–Trinajstić information content (AvgIpc) is 2.68. The fourth-order valence-electron chi connectivity index (χ4n) is 2.29. The van der Waals surface area contributed by atoms with Crippen LogP contribution in [0, 0.1) is 0 Å². The first-order valence-electron chi connectivity index (χ1n) is 5.49. The smallest absolute Gasteiger partial charge is 0.127 e. The number of fused-ring (bicyclic) bond motifs is 1. The predicted molar refractivity (Wildman–Crippen MR) is 63.8 cm³/mol. The molecule has 0 bridgehead atoms. The van der Waals surface area contributed by atoms with Crippen molar-refractivity contribution in [3.8, 4) is 5.75 Å². The summed E-state index contributed by atoms with van der Waals surface area (Å²) in [6, 6.07) is 4.25. The van der Waals surface area contributed by atoms with Crippen LogP contribution in [0.25, 0.3) is 0 Å². The Labute approximate surface area is 95.9 Å². The van der Waals surface area contributed by atoms with E-state index in [9.17, 15) is 0 Å². The van der Waals surface area contributed by atoms with Gasteiger partial charge in [-0.15, -0.1) is 0 Å². The van der Waals surface area contributed by atoms with Crippen molar-refractivity contribution in [1.29, 1.82) is 0 Å². The highest BCUT2D eigenvalue weighted by atomic mass is 16.6. The van der Waals surface area contributed by atoms with E-state index in [2.05, 4.69) is 28.9 Å². The van der Waals surface area contributed by atoms with Gasteiger partial charge in [-0.1, -0.05) is 6.07 Å². The Hall–Kier alpha value is -1.26. The molecule has 0 fully saturated rings. The summed E-state index contributed by atoms with van der Waals surface area (Å²) in [4.78, 5) is 6.87. The summed E-state index contributed by atoms with van der Waals surface area (Å²) in [6.07, 6.45) is 1.84. The summed E-state index contributed by atoms with van der Waals surface area (Å²) in [5.41, 5.74) is 3.75. The van der Waals surface area contributed by atoms with Crippen molar-refractivity contribution in [3.63, 3.8) is 0 Å². The SMILES string of the molecule is COc1c(CCON)ccc2c1CCN2C. The van der Waals surface area contributed by atoms with Crippen molar-refractivity contribution in [1.82, 2.24) is 0 Å². The van der Waals surface area contributed by atoms with Crippen LogP contribution in [-0.4, -0.2) is 27.3 Å². The van der Waals surface area contributed by atoms with Crippen LogP contribution in [0.3, 0.4) is 0 Å². The molecule has 4 heteroatoms. The lowest BCUT2D eigenvalue weighted by molar-refractivity contribution is 0.140. The number of rotatable bonds is 4. The lowest BCUT2D eigenvalue weighted by Gasteiger charge is -2.15. The van der Waals surface area contributed by atoms with Crippen LogP contribution >= 0.6 is 0 Å². The minimum absolute atomic E-state index is 0.519. The molecule has 0 aliphatic carbocycles. The second-order valence-corrected chi connectivity index (χ2v) is 4.05. The van der Waals surface area contributed by atoms with E-state index in [1.54, 1.807) is 7.11 Å². The average molecular weight is 222 g/mol. The molecule has 4 nitrogen and oxygen atoms in total. The summed E-state index contributed by atoms with van der Waals surface area (Å²) in [6.45, 7) is 1.58. The molecule has 0 amide bonds. The molecule has 88 valence electrons. The topological polar surface area (TPSA) is 47.7 Å². The van der Waals surface area contributed by atoms with Crippen LogP contribution in [0.5, 0.6) is 5.75 Å². The number of benzene rings is 1. The van der Waals surface area contributed by atoms with Gasteiger partial charge in [0.2, 0.25) is 0 Å². The maximum absolute atomic E-state index is 5.51. The van der Waals surface area contributed by atoms with E-state index in [1.165, 1.54) is 16.8 Å². The van der Waals surface area contributed by atoms with E-state index in [0.29, 0.717) is 6.61 Å². The number of ether oxygens (including phenoxy) is 1. The van der Waals surface area contributed by atoms with Gasteiger partial charge in [0.15, 0.2) is 0 Å². The molecular weight excluding hydrogens is 204 g/mol. The largest absolute Gasteiger partial charge is 0.496 e. The third-order valence-corrected chi connectivity index (χ3v) is 3.12. The zero-order valence-corrected chi connectivity index (χ0v) is 9.82. The van der Waals surface area contributed by atoms with Crippen molar-refractivity contribution in [2.24, 2.45) is 5.90 Å². The normalized spacial score (nSPS) is 14.1. The fourth-order valence-corrected chi connectivity index (χ4v) is 2.29. The molecule has 0 atom stereocenters. The van der Waals surface area contributed by atoms with E-state index < -0.39 is 0 Å². The minimum Gasteiger partial charge on any atom is -0.496 e. The Morgan fingerprint density at radius 1 is 1.44 bits per heavy atom. The Morgan fingerprint density at radius 2 is 2.25 bits per heavy atom. The zero-order valence-electron chi connectivity index (χ0n) is 9.82. The second kappa shape index (κ2) is 4.72. The van der Waals surface area contributed by atoms with Crippen molar-refractivity contribution in [2.75, 3.05) is 32.2 Å². The number of nitrogens with zero attached hydrogens (tertiary/aromatic N) is 1. The predicted octanol–water partition coefficient (Wildman–Crippen LogP) is 1.12. The van der Waals surface area contributed by atoms with E-state index in [4.69, 9.17) is 10.6 Å². The van der Waals surface area contributed by atoms with Crippen LogP contribution in [0.15, 0.2) is 12.1 Å². The molecule has 0 saturated heterocycles. The third-order valence-electron chi connectivity index (χ3n) is 3.12. The number of methoxy groups -OCH3 is 1. The second-order valence-electron chi connectivity index (χ2n) is 4.05. The number of nitrogens with two attached hydrogens (primary N) is 1. The van der Waals surface area contributed by atoms with Crippen molar-refractivity contribution in [3.05, 3.63) is 23.3 Å². The summed E-state index contributed by atoms with van der Waals surface area (Å²) < 4.78 is 5.51. The highest BCUT2D eigenvalue weighted by Crippen LogP contribution is 2.36. The molecule has 0 saturated carbocycles. The van der Waals surface area contributed by atoms with Crippen molar-refractivity contribution < 1.29 is 9.57 Å². The Morgan fingerprint density at radius 3 is 2.94 bits per heavy atom. The summed E-state index contributed by atoms with van der Waals surface area (Å²) >= 11 is 0. The maximum Gasteiger partial charge on any atom is 0.127 e. The molecular formula is C12H18N2O2. The summed E-state index contributed by atoms with van der Waals surface area (Å²) in [7, 11) is 3.83. The molecule has 0 spiro atoms. The quantitative estimate of drug-likeness (QED) is 0.776. The first kappa shape index (κ1) is 11.2. The van der Waals surface area contributed by atoms with Crippen LogP contribution in [0.2, 0.25) is 0 Å². The van der Waals surface area contributed by atoms with Crippen LogP contribution in [-0.2, 0) is 17.7 Å². The summed E-state index contributed by atoms with van der Waals surface area (Å²) in [5, 5.41) is 0. The number of likely N-dealkylation sites (N-methyl/N-ethyl adjacent to an activating group) is 1. The van der Waals surface area contributed by atoms with Gasteiger partial charge in [-0.2, -0.15) is 0 Å². The third kappa shape index (κ3) is 1.86. The highest BCUT2D eigenvalue weighted by Gasteiger charge is 2.21. The Balaban J connectivity index is 2.34. The molecule has 2 N–H and O–H groups in total. The fraction of sp³-hybridized carbons (Fsp3) is 0.500. The first-order chi connectivity index (χ1) is 7.77. The molecule has 1 aliphatic rings. The van der Waals surface area contributed by atoms with Gasteiger partial charge in [0.25, 0.3) is 0 Å². The summed E-state index contributed by atoms with van der Waals surface area (Å²) in [5.74, 6) is 6.05. The lowest BCUT2D eigenvalue weighted by Crippen LogP contribution is -2.12. The molecule has 1 aliphatic heterocycles. The van der Waals surface area contributed by atoms with Crippen molar-refractivity contribution in [2.45, 2.75) is 12.8 Å². The van der Waals surface area contributed by atoms with Gasteiger partial charge < -0.3 is 14.5 Å². The van der Waals surface area contributed by atoms with E-state index >= 15 is 0 Å². The van der Waals surface area contributed by atoms with E-state index in [0.717, 1.165) is 25.1 Å². The molecule has 1 aromatic carbocycles. The van der Waals surface area contributed by atoms with Crippen molar-refractivity contribution >= 4 is 5.69 Å². The van der Waals surface area contributed by atoms with Gasteiger partial charge in [0, 0.05) is 31.3 Å². The molecule has 1 heterocycles. The van der Waals surface area contributed by atoms with Gasteiger partial charge >= 0.3 is 0 Å². The minimum atomic E-state index is 0.519. The maximum atomic E-state index is 5.51. The monoisotopic (exact) mass is 222 g/mol. The van der Waals surface area contributed by atoms with Gasteiger partial charge in [0.1, 0.15) is 5.75 Å². The van der Waals surface area contributed by atoms with Gasteiger partial charge in [-0.3, -0.25) is 0 Å². The number of hydrogen-bond acceptors (Lipinski definition) is 4. The van der Waals surface area contributed by atoms with Crippen LogP contribution in [0.1, 0.15) is 11.1 Å². The van der Waals surface area contributed by atoms with Crippen LogP contribution < -0.4 is 15.5 Å². The lowest BCUT2D eigenvalue weighted by atomic mass is 10.0. The standard InChI is InChI=1S/C12H18N2O2/c1-14-7-5-10-11(14)4-3-9(6-8-16-13)12(10)15-2/h3-4H,5-8,13H2,1-2H3. The van der Waals surface area contributed by atoms with Crippen LogP contribution in [0.4, 0.5) is 5.69 Å². The number of anilines is 1. The molecule has 0 aromatic heterocycles. The molecule has 1 aromatic rings. The van der Waals surface area contributed by atoms with E-state index in [-0.39, 0.29) is 0 Å². The Bertz CT molecular complexity index is 380. The molecule has 0 radical (unpaired) electrons. The number of hydrogen-bond donors (Lipinski definition) is 1. The molecule has 0 unspecified atom stereocenters. The highest BCUT2D eigenvalue weighted by molar-refractivity contribution is 5.65. The first-order valence-corrected chi connectivity index (χ1v) is 5.49. The van der Waals surface area contributed by atoms with Gasteiger partial charge in [-0.25, -0.2) is 5.90 Å². The van der Waals surface area contributed by atoms with Gasteiger partial charge in [-0.05, 0) is 18.1 Å². The Kier molecular flexibility index (Phi) is 3.31.